The molecule has 4 rings (SSSR count). The van der Waals surface area contributed by atoms with Crippen molar-refractivity contribution >= 4 is 34.4 Å². The van der Waals surface area contributed by atoms with Crippen molar-refractivity contribution in [2.45, 2.75) is 6.04 Å². The van der Waals surface area contributed by atoms with E-state index in [0.29, 0.717) is 5.02 Å². The summed E-state index contributed by atoms with van der Waals surface area (Å²) in [6.45, 7) is 0. The number of carbonyl (C=O) groups is 2. The number of nitrogens with zero attached hydrogens (tertiary/aromatic N) is 4. The van der Waals surface area contributed by atoms with Crippen molar-refractivity contribution in [3.63, 3.8) is 0 Å². The molecule has 0 saturated carbocycles. The van der Waals surface area contributed by atoms with Crippen molar-refractivity contribution in [2.24, 2.45) is 0 Å². The smallest absolute Gasteiger partial charge is 0.414 e. The molecule has 29 heavy (non-hydrogen) atoms. The van der Waals surface area contributed by atoms with Crippen LogP contribution >= 0.6 is 11.6 Å². The van der Waals surface area contributed by atoms with E-state index in [4.69, 9.17) is 31.4 Å². The lowest BCUT2D eigenvalue weighted by Gasteiger charge is -2.20. The largest absolute Gasteiger partial charge is 0.473 e. The van der Waals surface area contributed by atoms with E-state index >= 15 is 0 Å². The van der Waals surface area contributed by atoms with Gasteiger partial charge in [-0.25, -0.2) is 19.3 Å². The molecule has 0 radical (unpaired) electrons. The van der Waals surface area contributed by atoms with Gasteiger partial charge in [-0.05, 0) is 35.4 Å². The molecule has 0 aliphatic rings. The molecule has 2 N–H and O–H groups in total. The van der Waals surface area contributed by atoms with E-state index in [1.807, 2.05) is 59.4 Å². The molecule has 2 aromatic carbocycles. The Kier molecular flexibility index (Phi) is 6.16. The first-order valence-corrected chi connectivity index (χ1v) is 8.74. The average molecular weight is 411 g/mol. The Bertz CT molecular complexity index is 1130. The van der Waals surface area contributed by atoms with Crippen LogP contribution in [0.25, 0.3) is 10.9 Å². The summed E-state index contributed by atoms with van der Waals surface area (Å²) in [7, 11) is 0. The molecule has 0 fully saturated rings. The number of aliphatic carboxylic acids is 2. The number of fused-ring (bicyclic) bond motifs is 1. The molecule has 0 saturated heterocycles. The first kappa shape index (κ1) is 20.0. The summed E-state index contributed by atoms with van der Waals surface area (Å²) < 4.78 is 1.84. The number of benzene rings is 2. The van der Waals surface area contributed by atoms with Gasteiger partial charge in [0.05, 0.1) is 5.52 Å². The van der Waals surface area contributed by atoms with Crippen LogP contribution < -0.4 is 0 Å². The van der Waals surface area contributed by atoms with E-state index in [0.717, 1.165) is 22.0 Å². The number of hydrogen-bond acceptors (Lipinski definition) is 5. The maximum atomic E-state index is 9.10. The summed E-state index contributed by atoms with van der Waals surface area (Å²) in [6, 6.07) is 17.8. The number of hydrogen-bond donors (Lipinski definition) is 2. The zero-order valence-electron chi connectivity index (χ0n) is 14.9. The third-order valence-corrected chi connectivity index (χ3v) is 4.26. The molecule has 9 heteroatoms. The van der Waals surface area contributed by atoms with Crippen LogP contribution in [0.15, 0.2) is 73.4 Å². The minimum absolute atomic E-state index is 0.107. The van der Waals surface area contributed by atoms with Crippen LogP contribution in [0.2, 0.25) is 5.02 Å². The quantitative estimate of drug-likeness (QED) is 0.497. The number of rotatable bonds is 3. The number of carboxylic acids is 2. The Labute approximate surface area is 170 Å². The van der Waals surface area contributed by atoms with Gasteiger partial charge in [-0.2, -0.15) is 5.10 Å². The lowest BCUT2D eigenvalue weighted by Crippen LogP contribution is -2.13. The Morgan fingerprint density at radius 3 is 2.41 bits per heavy atom. The van der Waals surface area contributed by atoms with Crippen molar-refractivity contribution in [3.8, 4) is 0 Å². The number of pyridine rings is 1. The highest BCUT2D eigenvalue weighted by molar-refractivity contribution is 6.30. The third-order valence-electron chi connectivity index (χ3n) is 4.03. The fourth-order valence-corrected chi connectivity index (χ4v) is 3.06. The van der Waals surface area contributed by atoms with Crippen LogP contribution in [0.5, 0.6) is 0 Å². The van der Waals surface area contributed by atoms with E-state index in [2.05, 4.69) is 21.1 Å². The zero-order valence-corrected chi connectivity index (χ0v) is 15.6. The summed E-state index contributed by atoms with van der Waals surface area (Å²) in [6.07, 6.45) is 5.09. The first-order valence-electron chi connectivity index (χ1n) is 8.37. The van der Waals surface area contributed by atoms with Gasteiger partial charge in [0, 0.05) is 16.6 Å². The van der Waals surface area contributed by atoms with Crippen molar-refractivity contribution in [1.82, 2.24) is 19.7 Å². The number of para-hydroxylation sites is 1. The summed E-state index contributed by atoms with van der Waals surface area (Å²) in [4.78, 5) is 26.7. The minimum Gasteiger partial charge on any atom is -0.473 e. The Hall–Kier alpha value is -3.78. The number of halogens is 1. The topological polar surface area (TPSA) is 118 Å². The third kappa shape index (κ3) is 4.74. The second kappa shape index (κ2) is 8.94. The number of carboxylic acid groups (broad SMARTS) is 2. The van der Waals surface area contributed by atoms with Gasteiger partial charge in [-0.3, -0.25) is 4.98 Å². The second-order valence-electron chi connectivity index (χ2n) is 5.86. The molecule has 2 heterocycles. The van der Waals surface area contributed by atoms with Crippen molar-refractivity contribution < 1.29 is 19.8 Å². The van der Waals surface area contributed by atoms with Crippen molar-refractivity contribution in [2.75, 3.05) is 0 Å². The van der Waals surface area contributed by atoms with E-state index < -0.39 is 11.9 Å². The monoisotopic (exact) mass is 410 g/mol. The zero-order chi connectivity index (χ0) is 20.8. The first-order chi connectivity index (χ1) is 14.0. The fraction of sp³-hybridized carbons (Fsp3) is 0.0500. The molecule has 0 bridgehead atoms. The standard InChI is InChI=1S/C18H13ClN4.C2H2O4/c19-14-5-3-4-13(10-14)18(23-12-20-11-22-23)16-8-9-21-17-7-2-1-6-15(16)17;3-1(4)2(5)6/h1-12,18H;(H,3,4)(H,5,6). The van der Waals surface area contributed by atoms with Crippen LogP contribution in [-0.4, -0.2) is 41.9 Å². The molecule has 1 atom stereocenters. The molecular weight excluding hydrogens is 396 g/mol. The lowest BCUT2D eigenvalue weighted by molar-refractivity contribution is -0.159. The highest BCUT2D eigenvalue weighted by atomic mass is 35.5. The molecular formula is C20H15ClN4O4. The summed E-state index contributed by atoms with van der Waals surface area (Å²) in [5.74, 6) is -3.65. The second-order valence-corrected chi connectivity index (χ2v) is 6.30. The molecule has 0 spiro atoms. The van der Waals surface area contributed by atoms with Crippen molar-refractivity contribution in [3.05, 3.63) is 89.6 Å². The minimum atomic E-state index is -1.82. The van der Waals surface area contributed by atoms with E-state index in [-0.39, 0.29) is 6.04 Å². The highest BCUT2D eigenvalue weighted by Gasteiger charge is 2.20. The van der Waals surface area contributed by atoms with Crippen LogP contribution in [-0.2, 0) is 9.59 Å². The summed E-state index contributed by atoms with van der Waals surface area (Å²) in [5.41, 5.74) is 3.12. The molecule has 2 aromatic heterocycles. The summed E-state index contributed by atoms with van der Waals surface area (Å²) in [5, 5.41) is 20.9. The molecule has 8 nitrogen and oxygen atoms in total. The fourth-order valence-electron chi connectivity index (χ4n) is 2.86. The van der Waals surface area contributed by atoms with Crippen LogP contribution in [0.1, 0.15) is 17.2 Å². The Morgan fingerprint density at radius 2 is 1.76 bits per heavy atom. The molecule has 0 aliphatic heterocycles. The van der Waals surface area contributed by atoms with E-state index in [1.165, 1.54) is 0 Å². The van der Waals surface area contributed by atoms with E-state index in [9.17, 15) is 0 Å². The maximum Gasteiger partial charge on any atom is 0.414 e. The maximum absolute atomic E-state index is 9.10. The molecule has 146 valence electrons. The Morgan fingerprint density at radius 1 is 1.00 bits per heavy atom. The van der Waals surface area contributed by atoms with Crippen LogP contribution in [0, 0.1) is 0 Å². The van der Waals surface area contributed by atoms with Gasteiger partial charge in [0.2, 0.25) is 0 Å². The normalized spacial score (nSPS) is 11.3. The van der Waals surface area contributed by atoms with Crippen LogP contribution in [0.3, 0.4) is 0 Å². The molecule has 1 unspecified atom stereocenters. The van der Waals surface area contributed by atoms with Gasteiger partial charge in [-0.1, -0.05) is 41.9 Å². The predicted octanol–water partition coefficient (Wildman–Crippen LogP) is 3.27. The predicted molar refractivity (Wildman–Crippen MR) is 106 cm³/mol. The molecule has 0 amide bonds. The highest BCUT2D eigenvalue weighted by Crippen LogP contribution is 2.31. The van der Waals surface area contributed by atoms with Gasteiger partial charge in [0.15, 0.2) is 0 Å². The Balaban J connectivity index is 0.000000353. The number of aromatic nitrogens is 4. The van der Waals surface area contributed by atoms with Crippen LogP contribution in [0.4, 0.5) is 0 Å². The van der Waals surface area contributed by atoms with Gasteiger partial charge in [-0.15, -0.1) is 0 Å². The lowest BCUT2D eigenvalue weighted by atomic mass is 9.96. The molecule has 4 aromatic rings. The SMILES string of the molecule is Clc1cccc(C(c2ccnc3ccccc23)n2cncn2)c1.O=C(O)C(=O)O. The molecule has 0 aliphatic carbocycles. The summed E-state index contributed by atoms with van der Waals surface area (Å²) >= 11 is 6.20. The average Bonchev–Trinajstić information content (AvgIpc) is 3.23. The van der Waals surface area contributed by atoms with Gasteiger partial charge in [0.1, 0.15) is 18.7 Å². The van der Waals surface area contributed by atoms with Gasteiger partial charge < -0.3 is 10.2 Å². The van der Waals surface area contributed by atoms with Crippen molar-refractivity contribution in [1.29, 1.82) is 0 Å². The van der Waals surface area contributed by atoms with E-state index in [1.54, 1.807) is 12.7 Å². The van der Waals surface area contributed by atoms with Gasteiger partial charge in [0.25, 0.3) is 0 Å². The van der Waals surface area contributed by atoms with Gasteiger partial charge >= 0.3 is 11.9 Å².